The van der Waals surface area contributed by atoms with Crippen molar-refractivity contribution in [3.63, 3.8) is 0 Å². The Morgan fingerprint density at radius 2 is 2.08 bits per heavy atom. The minimum absolute atomic E-state index is 0.251. The molecule has 2 bridgehead atoms. The van der Waals surface area contributed by atoms with Crippen molar-refractivity contribution in [1.29, 1.82) is 0 Å². The fraction of sp³-hybridized carbons (Fsp3) is 0.588. The molecule has 0 saturated carbocycles. The molecule has 2 aliphatic heterocycles. The average molecular weight is 366 g/mol. The maximum absolute atomic E-state index is 12.2. The first kappa shape index (κ1) is 18.2. The molecular formula is C17H26N4O3S. The van der Waals surface area contributed by atoms with Crippen LogP contribution in [-0.4, -0.2) is 52.3 Å². The van der Waals surface area contributed by atoms with E-state index in [-0.39, 0.29) is 23.6 Å². The molecule has 3 N–H and O–H groups in total. The topological polar surface area (TPSA) is 91.8 Å². The van der Waals surface area contributed by atoms with Crippen LogP contribution in [0.15, 0.2) is 40.2 Å². The number of fused-ring (bicyclic) bond motifs is 2. The van der Waals surface area contributed by atoms with Gasteiger partial charge in [0.2, 0.25) is 10.0 Å². The molecule has 0 aromatic heterocycles. The van der Waals surface area contributed by atoms with Gasteiger partial charge in [-0.05, 0) is 38.3 Å². The second-order valence-corrected chi connectivity index (χ2v) is 8.10. The summed E-state index contributed by atoms with van der Waals surface area (Å²) in [6.07, 6.45) is 3.90. The van der Waals surface area contributed by atoms with Gasteiger partial charge < -0.3 is 15.4 Å². The lowest BCUT2D eigenvalue weighted by Gasteiger charge is -2.22. The van der Waals surface area contributed by atoms with Gasteiger partial charge in [-0.3, -0.25) is 4.99 Å². The quantitative estimate of drug-likeness (QED) is 0.378. The van der Waals surface area contributed by atoms with Crippen molar-refractivity contribution in [3.05, 3.63) is 30.3 Å². The van der Waals surface area contributed by atoms with Gasteiger partial charge in [0.1, 0.15) is 0 Å². The van der Waals surface area contributed by atoms with E-state index in [1.54, 1.807) is 30.3 Å². The first-order valence-electron chi connectivity index (χ1n) is 8.83. The second-order valence-electron chi connectivity index (χ2n) is 6.33. The molecular weight excluding hydrogens is 340 g/mol. The van der Waals surface area contributed by atoms with Crippen LogP contribution in [0.2, 0.25) is 0 Å². The summed E-state index contributed by atoms with van der Waals surface area (Å²) < 4.78 is 32.7. The molecule has 7 nitrogen and oxygen atoms in total. The first-order chi connectivity index (χ1) is 12.1. The molecule has 138 valence electrons. The molecule has 0 radical (unpaired) electrons. The van der Waals surface area contributed by atoms with Crippen molar-refractivity contribution in [2.24, 2.45) is 4.99 Å². The van der Waals surface area contributed by atoms with Gasteiger partial charge in [-0.15, -0.1) is 0 Å². The van der Waals surface area contributed by atoms with E-state index in [4.69, 9.17) is 4.74 Å². The monoisotopic (exact) mass is 366 g/mol. The minimum Gasteiger partial charge on any atom is -0.373 e. The second kappa shape index (κ2) is 8.16. The Hall–Kier alpha value is -1.64. The summed E-state index contributed by atoms with van der Waals surface area (Å²) in [7, 11) is -3.48. The Balaban J connectivity index is 1.50. The molecule has 3 unspecified atom stereocenters. The van der Waals surface area contributed by atoms with E-state index < -0.39 is 10.0 Å². The molecule has 0 aliphatic carbocycles. The summed E-state index contributed by atoms with van der Waals surface area (Å²) in [4.78, 5) is 4.74. The van der Waals surface area contributed by atoms with E-state index in [1.165, 1.54) is 0 Å². The Labute approximate surface area is 149 Å². The first-order valence-corrected chi connectivity index (χ1v) is 10.3. The highest BCUT2D eigenvalue weighted by atomic mass is 32.2. The lowest BCUT2D eigenvalue weighted by atomic mass is 9.96. The van der Waals surface area contributed by atoms with E-state index >= 15 is 0 Å². The zero-order valence-electron chi connectivity index (χ0n) is 14.4. The number of hydrogen-bond donors (Lipinski definition) is 3. The summed E-state index contributed by atoms with van der Waals surface area (Å²) in [5, 5.41) is 6.62. The van der Waals surface area contributed by atoms with Gasteiger partial charge in [-0.25, -0.2) is 13.1 Å². The molecule has 8 heteroatoms. The molecule has 2 fully saturated rings. The van der Waals surface area contributed by atoms with Gasteiger partial charge in [0, 0.05) is 13.1 Å². The maximum Gasteiger partial charge on any atom is 0.240 e. The molecule has 3 rings (SSSR count). The SMILES string of the molecule is CCNC(=NCCNS(=O)(=O)c1ccccc1)NC1CC2CCC1O2. The third-order valence-corrected chi connectivity index (χ3v) is 5.98. The van der Waals surface area contributed by atoms with Crippen molar-refractivity contribution < 1.29 is 13.2 Å². The van der Waals surface area contributed by atoms with Crippen molar-refractivity contribution in [1.82, 2.24) is 15.4 Å². The summed E-state index contributed by atoms with van der Waals surface area (Å²) in [6.45, 7) is 3.37. The van der Waals surface area contributed by atoms with Crippen molar-refractivity contribution in [2.75, 3.05) is 19.6 Å². The van der Waals surface area contributed by atoms with E-state index in [0.29, 0.717) is 18.6 Å². The molecule has 2 saturated heterocycles. The predicted molar refractivity (Wildman–Crippen MR) is 97.0 cm³/mol. The predicted octanol–water partition coefficient (Wildman–Crippen LogP) is 0.840. The molecule has 3 atom stereocenters. The van der Waals surface area contributed by atoms with Gasteiger partial charge >= 0.3 is 0 Å². The number of nitrogens with zero attached hydrogens (tertiary/aromatic N) is 1. The zero-order valence-corrected chi connectivity index (χ0v) is 15.3. The van der Waals surface area contributed by atoms with Crippen LogP contribution in [0.4, 0.5) is 0 Å². The fourth-order valence-corrected chi connectivity index (χ4v) is 4.36. The van der Waals surface area contributed by atoms with E-state index in [2.05, 4.69) is 20.3 Å². The standard InChI is InChI=1S/C17H26N4O3S/c1-2-18-17(21-15-12-13-8-9-16(15)24-13)19-10-11-20-25(22,23)14-6-4-3-5-7-14/h3-7,13,15-16,20H,2,8-12H2,1H3,(H2,18,19,21). The summed E-state index contributed by atoms with van der Waals surface area (Å²) in [5.41, 5.74) is 0. The van der Waals surface area contributed by atoms with Gasteiger partial charge in [-0.1, -0.05) is 18.2 Å². The van der Waals surface area contributed by atoms with Crippen LogP contribution in [0.25, 0.3) is 0 Å². The number of rotatable bonds is 7. The number of guanidine groups is 1. The van der Waals surface area contributed by atoms with Crippen molar-refractivity contribution >= 4 is 16.0 Å². The largest absolute Gasteiger partial charge is 0.373 e. The number of nitrogens with one attached hydrogen (secondary N) is 3. The summed E-state index contributed by atoms with van der Waals surface area (Å²) in [6, 6.07) is 8.64. The molecule has 0 spiro atoms. The number of sulfonamides is 1. The Kier molecular flexibility index (Phi) is 5.93. The molecule has 25 heavy (non-hydrogen) atoms. The number of ether oxygens (including phenoxy) is 1. The molecule has 0 amide bonds. The summed E-state index contributed by atoms with van der Waals surface area (Å²) >= 11 is 0. The van der Waals surface area contributed by atoms with Crippen molar-refractivity contribution in [2.45, 2.75) is 49.3 Å². The van der Waals surface area contributed by atoms with Gasteiger partial charge in [0.05, 0.1) is 29.7 Å². The number of benzene rings is 1. The Morgan fingerprint density at radius 1 is 1.28 bits per heavy atom. The van der Waals surface area contributed by atoms with E-state index in [0.717, 1.165) is 25.8 Å². The van der Waals surface area contributed by atoms with Crippen LogP contribution in [0.3, 0.4) is 0 Å². The number of hydrogen-bond acceptors (Lipinski definition) is 4. The van der Waals surface area contributed by atoms with Gasteiger partial charge in [0.25, 0.3) is 0 Å². The lowest BCUT2D eigenvalue weighted by Crippen LogP contribution is -2.47. The van der Waals surface area contributed by atoms with Crippen LogP contribution >= 0.6 is 0 Å². The molecule has 1 aromatic rings. The Bertz CT molecular complexity index is 693. The minimum atomic E-state index is -3.48. The average Bonchev–Trinajstić information content (AvgIpc) is 3.22. The highest BCUT2D eigenvalue weighted by Crippen LogP contribution is 2.34. The Morgan fingerprint density at radius 3 is 2.72 bits per heavy atom. The fourth-order valence-electron chi connectivity index (χ4n) is 3.32. The van der Waals surface area contributed by atoms with E-state index in [1.807, 2.05) is 6.92 Å². The van der Waals surface area contributed by atoms with Crippen LogP contribution in [0, 0.1) is 0 Å². The smallest absolute Gasteiger partial charge is 0.240 e. The third-order valence-electron chi connectivity index (χ3n) is 4.50. The van der Waals surface area contributed by atoms with Gasteiger partial charge in [0.15, 0.2) is 5.96 Å². The third kappa shape index (κ3) is 4.71. The van der Waals surface area contributed by atoms with Gasteiger partial charge in [-0.2, -0.15) is 0 Å². The van der Waals surface area contributed by atoms with Crippen LogP contribution in [0.1, 0.15) is 26.2 Å². The highest BCUT2D eigenvalue weighted by Gasteiger charge is 2.41. The van der Waals surface area contributed by atoms with E-state index in [9.17, 15) is 8.42 Å². The maximum atomic E-state index is 12.2. The van der Waals surface area contributed by atoms with Crippen molar-refractivity contribution in [3.8, 4) is 0 Å². The molecule has 2 aliphatic rings. The normalized spacial score (nSPS) is 26.0. The van der Waals surface area contributed by atoms with Crippen LogP contribution < -0.4 is 15.4 Å². The molecule has 1 aromatic carbocycles. The highest BCUT2D eigenvalue weighted by molar-refractivity contribution is 7.89. The number of aliphatic imine (C=N–C) groups is 1. The summed E-state index contributed by atoms with van der Waals surface area (Å²) in [5.74, 6) is 0.711. The zero-order chi connectivity index (χ0) is 17.7. The van der Waals surface area contributed by atoms with Crippen LogP contribution in [-0.2, 0) is 14.8 Å². The molecule has 2 heterocycles. The van der Waals surface area contributed by atoms with Crippen LogP contribution in [0.5, 0.6) is 0 Å². The lowest BCUT2D eigenvalue weighted by molar-refractivity contribution is 0.0992.